The summed E-state index contributed by atoms with van der Waals surface area (Å²) in [7, 11) is -3.93. The fraction of sp³-hybridized carbons (Fsp3) is 0.296. The van der Waals surface area contributed by atoms with Crippen molar-refractivity contribution in [1.29, 1.82) is 0 Å². The van der Waals surface area contributed by atoms with Crippen LogP contribution in [0.5, 0.6) is 0 Å². The molecule has 1 unspecified atom stereocenters. The average Bonchev–Trinajstić information content (AvgIpc) is 2.78. The quantitative estimate of drug-likeness (QED) is 0.486. The van der Waals surface area contributed by atoms with Gasteiger partial charge in [-0.05, 0) is 75.1 Å². The minimum absolute atomic E-state index is 0.155. The molecule has 3 rings (SSSR count). The van der Waals surface area contributed by atoms with Crippen LogP contribution in [-0.4, -0.2) is 20.9 Å². The molecule has 1 atom stereocenters. The van der Waals surface area contributed by atoms with E-state index < -0.39 is 10.0 Å². The molecule has 3 aromatic rings. The van der Waals surface area contributed by atoms with E-state index in [1.807, 2.05) is 58.9 Å². The van der Waals surface area contributed by atoms with E-state index in [4.69, 9.17) is 0 Å². The van der Waals surface area contributed by atoms with Gasteiger partial charge in [-0.25, -0.2) is 8.42 Å². The van der Waals surface area contributed by atoms with Gasteiger partial charge in [0, 0.05) is 0 Å². The standard InChI is InChI=1S/C27H32N2O3S/c1-6-26(23-12-11-21(4)22(5)17-23)28-27(30)18-29(24-13-7-19(2)8-14-24)33(31,32)25-15-9-20(3)10-16-25/h7-17,26H,6,18H2,1-5H3,(H,28,30). The topological polar surface area (TPSA) is 66.5 Å². The van der Waals surface area contributed by atoms with Gasteiger partial charge in [-0.1, -0.05) is 60.5 Å². The Morgan fingerprint density at radius 3 is 1.97 bits per heavy atom. The highest BCUT2D eigenvalue weighted by Crippen LogP contribution is 2.25. The molecule has 6 heteroatoms. The van der Waals surface area contributed by atoms with Crippen molar-refractivity contribution in [2.45, 2.75) is 52.0 Å². The molecule has 0 saturated carbocycles. The summed E-state index contributed by atoms with van der Waals surface area (Å²) in [4.78, 5) is 13.3. The van der Waals surface area contributed by atoms with Gasteiger partial charge in [-0.2, -0.15) is 0 Å². The van der Waals surface area contributed by atoms with Gasteiger partial charge < -0.3 is 5.32 Å². The molecule has 0 aliphatic heterocycles. The van der Waals surface area contributed by atoms with Crippen molar-refractivity contribution in [3.05, 3.63) is 94.5 Å². The highest BCUT2D eigenvalue weighted by atomic mass is 32.2. The van der Waals surface area contributed by atoms with Crippen LogP contribution in [0, 0.1) is 27.7 Å². The number of anilines is 1. The summed E-state index contributed by atoms with van der Waals surface area (Å²) in [6.07, 6.45) is 0.698. The number of amides is 1. The average molecular weight is 465 g/mol. The molecular weight excluding hydrogens is 432 g/mol. The Bertz CT molecular complexity index is 1220. The van der Waals surface area contributed by atoms with E-state index in [9.17, 15) is 13.2 Å². The summed E-state index contributed by atoms with van der Waals surface area (Å²) >= 11 is 0. The third-order valence-corrected chi connectivity index (χ3v) is 7.68. The lowest BCUT2D eigenvalue weighted by Gasteiger charge is -2.26. The van der Waals surface area contributed by atoms with Gasteiger partial charge in [0.25, 0.3) is 10.0 Å². The third kappa shape index (κ3) is 5.82. The number of carbonyl (C=O) groups excluding carboxylic acids is 1. The van der Waals surface area contributed by atoms with Gasteiger partial charge in [0.05, 0.1) is 16.6 Å². The molecule has 5 nitrogen and oxygen atoms in total. The van der Waals surface area contributed by atoms with Crippen molar-refractivity contribution in [3.8, 4) is 0 Å². The molecule has 33 heavy (non-hydrogen) atoms. The second-order valence-electron chi connectivity index (χ2n) is 8.53. The smallest absolute Gasteiger partial charge is 0.264 e. The van der Waals surface area contributed by atoms with Crippen molar-refractivity contribution in [3.63, 3.8) is 0 Å². The SMILES string of the molecule is CCC(NC(=O)CN(c1ccc(C)cc1)S(=O)(=O)c1ccc(C)cc1)c1ccc(C)c(C)c1. The Hall–Kier alpha value is -3.12. The highest BCUT2D eigenvalue weighted by molar-refractivity contribution is 7.92. The Balaban J connectivity index is 1.90. The number of aryl methyl sites for hydroxylation is 4. The summed E-state index contributed by atoms with van der Waals surface area (Å²) in [5.41, 5.74) is 5.79. The molecule has 1 amide bonds. The summed E-state index contributed by atoms with van der Waals surface area (Å²) in [5.74, 6) is -0.351. The molecule has 0 aromatic heterocycles. The second-order valence-corrected chi connectivity index (χ2v) is 10.4. The molecule has 0 saturated heterocycles. The van der Waals surface area contributed by atoms with Crippen LogP contribution in [-0.2, 0) is 14.8 Å². The van der Waals surface area contributed by atoms with Crippen molar-refractivity contribution in [2.75, 3.05) is 10.8 Å². The number of hydrogen-bond acceptors (Lipinski definition) is 3. The molecular formula is C27H32N2O3S. The molecule has 0 radical (unpaired) electrons. The zero-order valence-electron chi connectivity index (χ0n) is 19.9. The molecule has 0 aliphatic rings. The van der Waals surface area contributed by atoms with Gasteiger partial charge in [0.1, 0.15) is 6.54 Å². The Morgan fingerprint density at radius 1 is 0.848 bits per heavy atom. The van der Waals surface area contributed by atoms with Crippen LogP contribution >= 0.6 is 0 Å². The number of sulfonamides is 1. The van der Waals surface area contributed by atoms with Gasteiger partial charge in [-0.3, -0.25) is 9.10 Å². The van der Waals surface area contributed by atoms with Crippen molar-refractivity contribution < 1.29 is 13.2 Å². The first-order valence-electron chi connectivity index (χ1n) is 11.1. The predicted octanol–water partition coefficient (Wildman–Crippen LogP) is 5.38. The Morgan fingerprint density at radius 2 is 1.42 bits per heavy atom. The van der Waals surface area contributed by atoms with E-state index in [-0.39, 0.29) is 23.4 Å². The highest BCUT2D eigenvalue weighted by Gasteiger charge is 2.28. The van der Waals surface area contributed by atoms with Gasteiger partial charge in [0.15, 0.2) is 0 Å². The van der Waals surface area contributed by atoms with Crippen LogP contribution in [0.25, 0.3) is 0 Å². The number of benzene rings is 3. The summed E-state index contributed by atoms with van der Waals surface area (Å²) in [6.45, 7) is 9.63. The number of hydrogen-bond donors (Lipinski definition) is 1. The van der Waals surface area contributed by atoms with Gasteiger partial charge in [-0.15, -0.1) is 0 Å². The van der Waals surface area contributed by atoms with Gasteiger partial charge >= 0.3 is 0 Å². The van der Waals surface area contributed by atoms with Crippen molar-refractivity contribution in [2.24, 2.45) is 0 Å². The van der Waals surface area contributed by atoms with E-state index in [0.717, 1.165) is 22.3 Å². The van der Waals surface area contributed by atoms with Crippen LogP contribution < -0.4 is 9.62 Å². The largest absolute Gasteiger partial charge is 0.348 e. The second kappa shape index (κ2) is 10.2. The van der Waals surface area contributed by atoms with Crippen LogP contribution in [0.4, 0.5) is 5.69 Å². The van der Waals surface area contributed by atoms with E-state index in [2.05, 4.69) is 11.4 Å². The number of carbonyl (C=O) groups is 1. The maximum Gasteiger partial charge on any atom is 0.264 e. The van der Waals surface area contributed by atoms with Crippen LogP contribution in [0.15, 0.2) is 71.6 Å². The number of nitrogens with zero attached hydrogens (tertiary/aromatic N) is 1. The van der Waals surface area contributed by atoms with E-state index in [0.29, 0.717) is 12.1 Å². The molecule has 0 aliphatic carbocycles. The van der Waals surface area contributed by atoms with Crippen LogP contribution in [0.3, 0.4) is 0 Å². The first kappa shape index (κ1) is 24.5. The number of rotatable bonds is 8. The third-order valence-electron chi connectivity index (χ3n) is 5.89. The molecule has 0 spiro atoms. The van der Waals surface area contributed by atoms with Gasteiger partial charge in [0.2, 0.25) is 5.91 Å². The normalized spacial score (nSPS) is 12.3. The Labute approximate surface area is 197 Å². The minimum atomic E-state index is -3.93. The van der Waals surface area contributed by atoms with Crippen molar-refractivity contribution in [1.82, 2.24) is 5.32 Å². The first-order chi connectivity index (χ1) is 15.6. The maximum atomic E-state index is 13.5. The molecule has 3 aromatic carbocycles. The van der Waals surface area contributed by atoms with E-state index in [1.54, 1.807) is 36.4 Å². The van der Waals surface area contributed by atoms with Crippen molar-refractivity contribution >= 4 is 21.6 Å². The predicted molar refractivity (Wildman–Crippen MR) is 134 cm³/mol. The monoisotopic (exact) mass is 464 g/mol. The molecule has 0 bridgehead atoms. The maximum absolute atomic E-state index is 13.5. The lowest BCUT2D eigenvalue weighted by molar-refractivity contribution is -0.120. The minimum Gasteiger partial charge on any atom is -0.348 e. The molecule has 174 valence electrons. The first-order valence-corrected chi connectivity index (χ1v) is 12.6. The molecule has 1 N–H and O–H groups in total. The molecule has 0 heterocycles. The van der Waals surface area contributed by atoms with E-state index >= 15 is 0 Å². The van der Waals surface area contributed by atoms with Crippen LogP contribution in [0.2, 0.25) is 0 Å². The van der Waals surface area contributed by atoms with E-state index in [1.165, 1.54) is 9.87 Å². The zero-order chi connectivity index (χ0) is 24.2. The molecule has 0 fully saturated rings. The summed E-state index contributed by atoms with van der Waals surface area (Å²) < 4.78 is 28.2. The summed E-state index contributed by atoms with van der Waals surface area (Å²) in [5, 5.41) is 3.03. The fourth-order valence-corrected chi connectivity index (χ4v) is 5.06. The van der Waals surface area contributed by atoms with Crippen LogP contribution in [0.1, 0.15) is 47.2 Å². The fourth-order valence-electron chi connectivity index (χ4n) is 3.64. The lowest BCUT2D eigenvalue weighted by Crippen LogP contribution is -2.42. The zero-order valence-corrected chi connectivity index (χ0v) is 20.7. The Kier molecular flexibility index (Phi) is 7.59. The number of nitrogens with one attached hydrogen (secondary N) is 1. The lowest BCUT2D eigenvalue weighted by atomic mass is 9.99. The summed E-state index contributed by atoms with van der Waals surface area (Å²) in [6, 6.07) is 19.7.